The summed E-state index contributed by atoms with van der Waals surface area (Å²) in [4.78, 5) is 26.9. The molecule has 176 valence electrons. The van der Waals surface area contributed by atoms with E-state index < -0.39 is 5.97 Å². The molecule has 1 amide bonds. The molecular formula is C27H34N2O4. The second-order valence-corrected chi connectivity index (χ2v) is 8.63. The molecule has 2 aromatic rings. The van der Waals surface area contributed by atoms with E-state index in [2.05, 4.69) is 28.9 Å². The molecular weight excluding hydrogens is 416 g/mol. The maximum absolute atomic E-state index is 13.0. The van der Waals surface area contributed by atoms with Crippen LogP contribution >= 0.6 is 0 Å². The van der Waals surface area contributed by atoms with E-state index in [1.807, 2.05) is 19.1 Å². The zero-order valence-electron chi connectivity index (χ0n) is 19.6. The van der Waals surface area contributed by atoms with Crippen molar-refractivity contribution in [3.05, 3.63) is 71.3 Å². The molecule has 6 heteroatoms. The number of piperidine rings is 1. The summed E-state index contributed by atoms with van der Waals surface area (Å²) in [6.07, 6.45) is 4.41. The summed E-state index contributed by atoms with van der Waals surface area (Å²) in [5.41, 5.74) is 4.08. The summed E-state index contributed by atoms with van der Waals surface area (Å²) in [6.45, 7) is 10.3. The number of amides is 1. The molecule has 2 aromatic carbocycles. The van der Waals surface area contributed by atoms with Gasteiger partial charge in [0.25, 0.3) is 0 Å². The molecule has 1 saturated heterocycles. The normalized spacial score (nSPS) is 14.4. The average Bonchev–Trinajstić information content (AvgIpc) is 2.79. The van der Waals surface area contributed by atoms with Gasteiger partial charge in [-0.2, -0.15) is 0 Å². The molecule has 0 radical (unpaired) electrons. The summed E-state index contributed by atoms with van der Waals surface area (Å²) < 4.78 is 5.48. The highest BCUT2D eigenvalue weighted by Crippen LogP contribution is 2.32. The molecule has 1 aliphatic rings. The van der Waals surface area contributed by atoms with Crippen LogP contribution in [-0.4, -0.2) is 36.7 Å². The van der Waals surface area contributed by atoms with Crippen molar-refractivity contribution in [2.24, 2.45) is 0 Å². The lowest BCUT2D eigenvalue weighted by Gasteiger charge is -2.33. The van der Waals surface area contributed by atoms with Crippen LogP contribution in [0.15, 0.2) is 54.6 Å². The van der Waals surface area contributed by atoms with E-state index in [9.17, 15) is 14.7 Å². The maximum atomic E-state index is 13.0. The summed E-state index contributed by atoms with van der Waals surface area (Å²) >= 11 is 0. The number of benzene rings is 2. The SMILES string of the molecule is C=C(C)C[C@H](NC(=O)Cc1ccc(C(=O)O)c(OCC)c1)c1ccccc1N1CCCCC1. The van der Waals surface area contributed by atoms with E-state index in [1.165, 1.54) is 31.0 Å². The molecule has 0 aromatic heterocycles. The topological polar surface area (TPSA) is 78.9 Å². The number of ether oxygens (including phenoxy) is 1. The summed E-state index contributed by atoms with van der Waals surface area (Å²) in [7, 11) is 0. The average molecular weight is 451 g/mol. The molecule has 0 aliphatic carbocycles. The van der Waals surface area contributed by atoms with Gasteiger partial charge in [-0.15, -0.1) is 6.58 Å². The minimum Gasteiger partial charge on any atom is -0.493 e. The molecule has 0 saturated carbocycles. The molecule has 0 unspecified atom stereocenters. The second kappa shape index (κ2) is 11.5. The van der Waals surface area contributed by atoms with Crippen LogP contribution in [0.2, 0.25) is 0 Å². The Morgan fingerprint density at radius 1 is 1.15 bits per heavy atom. The highest BCUT2D eigenvalue weighted by atomic mass is 16.5. The van der Waals surface area contributed by atoms with Gasteiger partial charge in [-0.1, -0.05) is 29.8 Å². The van der Waals surface area contributed by atoms with Gasteiger partial charge in [0, 0.05) is 18.8 Å². The summed E-state index contributed by atoms with van der Waals surface area (Å²) in [6, 6.07) is 12.9. The van der Waals surface area contributed by atoms with E-state index in [0.717, 1.165) is 24.2 Å². The fraction of sp³-hybridized carbons (Fsp3) is 0.407. The van der Waals surface area contributed by atoms with Crippen LogP contribution in [-0.2, 0) is 11.2 Å². The minimum atomic E-state index is -1.05. The number of carboxylic acid groups (broad SMARTS) is 1. The number of carbonyl (C=O) groups is 2. The monoisotopic (exact) mass is 450 g/mol. The Bertz CT molecular complexity index is 995. The van der Waals surface area contributed by atoms with Gasteiger partial charge in [-0.25, -0.2) is 4.79 Å². The Hall–Kier alpha value is -3.28. The molecule has 0 bridgehead atoms. The van der Waals surface area contributed by atoms with Gasteiger partial charge < -0.3 is 20.1 Å². The number of hydrogen-bond donors (Lipinski definition) is 2. The third-order valence-corrected chi connectivity index (χ3v) is 5.84. The van der Waals surface area contributed by atoms with Crippen LogP contribution in [0.3, 0.4) is 0 Å². The number of anilines is 1. The lowest BCUT2D eigenvalue weighted by Crippen LogP contribution is -2.34. The van der Waals surface area contributed by atoms with Crippen LogP contribution in [0.4, 0.5) is 5.69 Å². The third-order valence-electron chi connectivity index (χ3n) is 5.84. The molecule has 3 rings (SSSR count). The minimum absolute atomic E-state index is 0.0941. The van der Waals surface area contributed by atoms with Crippen LogP contribution < -0.4 is 15.0 Å². The van der Waals surface area contributed by atoms with Crippen molar-refractivity contribution in [1.29, 1.82) is 0 Å². The van der Waals surface area contributed by atoms with Gasteiger partial charge in [-0.05, 0) is 68.9 Å². The molecule has 1 aliphatic heterocycles. The fourth-order valence-electron chi connectivity index (χ4n) is 4.35. The van der Waals surface area contributed by atoms with Crippen molar-refractivity contribution in [3.8, 4) is 5.75 Å². The summed E-state index contributed by atoms with van der Waals surface area (Å²) in [5.74, 6) is -0.894. The van der Waals surface area contributed by atoms with Crippen molar-refractivity contribution in [2.75, 3.05) is 24.6 Å². The van der Waals surface area contributed by atoms with E-state index in [-0.39, 0.29) is 29.7 Å². The Balaban J connectivity index is 1.80. The van der Waals surface area contributed by atoms with Gasteiger partial charge in [0.1, 0.15) is 11.3 Å². The second-order valence-electron chi connectivity index (χ2n) is 8.63. The Labute approximate surface area is 196 Å². The Morgan fingerprint density at radius 2 is 1.88 bits per heavy atom. The number of para-hydroxylation sites is 1. The molecule has 0 spiro atoms. The third kappa shape index (κ3) is 6.60. The van der Waals surface area contributed by atoms with E-state index >= 15 is 0 Å². The fourth-order valence-corrected chi connectivity index (χ4v) is 4.35. The van der Waals surface area contributed by atoms with Gasteiger partial charge in [0.2, 0.25) is 5.91 Å². The zero-order valence-corrected chi connectivity index (χ0v) is 19.6. The molecule has 2 N–H and O–H groups in total. The number of carbonyl (C=O) groups excluding carboxylic acids is 1. The van der Waals surface area contributed by atoms with Crippen LogP contribution in [0.25, 0.3) is 0 Å². The standard InChI is InChI=1S/C27H34N2O4/c1-4-33-25-17-20(12-13-22(25)27(31)32)18-26(30)28-23(16-19(2)3)21-10-6-7-11-24(21)29-14-8-5-9-15-29/h6-7,10-13,17,23H,2,4-5,8-9,14-16,18H2,1,3H3,(H,28,30)(H,31,32)/t23-/m0/s1. The maximum Gasteiger partial charge on any atom is 0.339 e. The van der Waals surface area contributed by atoms with Crippen molar-refractivity contribution < 1.29 is 19.4 Å². The highest BCUT2D eigenvalue weighted by molar-refractivity contribution is 5.91. The van der Waals surface area contributed by atoms with Crippen molar-refractivity contribution in [3.63, 3.8) is 0 Å². The Morgan fingerprint density at radius 3 is 2.55 bits per heavy atom. The van der Waals surface area contributed by atoms with Crippen molar-refractivity contribution >= 4 is 17.6 Å². The zero-order chi connectivity index (χ0) is 23.8. The smallest absolute Gasteiger partial charge is 0.339 e. The van der Waals surface area contributed by atoms with Gasteiger partial charge >= 0.3 is 5.97 Å². The number of hydrogen-bond acceptors (Lipinski definition) is 4. The van der Waals surface area contributed by atoms with E-state index in [0.29, 0.717) is 18.6 Å². The molecule has 1 heterocycles. The van der Waals surface area contributed by atoms with Crippen LogP contribution in [0.1, 0.15) is 67.1 Å². The largest absolute Gasteiger partial charge is 0.493 e. The lowest BCUT2D eigenvalue weighted by molar-refractivity contribution is -0.121. The van der Waals surface area contributed by atoms with Gasteiger partial charge in [0.05, 0.1) is 19.1 Å². The molecule has 6 nitrogen and oxygen atoms in total. The van der Waals surface area contributed by atoms with Gasteiger partial charge in [-0.3, -0.25) is 4.79 Å². The van der Waals surface area contributed by atoms with E-state index in [1.54, 1.807) is 19.1 Å². The highest BCUT2D eigenvalue weighted by Gasteiger charge is 2.22. The number of rotatable bonds is 10. The first kappa shape index (κ1) is 24.4. The predicted molar refractivity (Wildman–Crippen MR) is 131 cm³/mol. The Kier molecular flexibility index (Phi) is 8.52. The van der Waals surface area contributed by atoms with Crippen LogP contribution in [0.5, 0.6) is 5.75 Å². The first-order valence-electron chi connectivity index (χ1n) is 11.7. The predicted octanol–water partition coefficient (Wildman–Crippen LogP) is 5.14. The first-order chi connectivity index (χ1) is 15.9. The van der Waals surface area contributed by atoms with E-state index in [4.69, 9.17) is 4.74 Å². The van der Waals surface area contributed by atoms with Crippen molar-refractivity contribution in [2.45, 2.75) is 52.0 Å². The number of nitrogens with one attached hydrogen (secondary N) is 1. The van der Waals surface area contributed by atoms with Crippen molar-refractivity contribution in [1.82, 2.24) is 5.32 Å². The molecule has 1 atom stereocenters. The number of carboxylic acids is 1. The van der Waals surface area contributed by atoms with Gasteiger partial charge in [0.15, 0.2) is 0 Å². The molecule has 33 heavy (non-hydrogen) atoms. The quantitative estimate of drug-likeness (QED) is 0.490. The number of nitrogens with zero attached hydrogens (tertiary/aromatic N) is 1. The number of aromatic carboxylic acids is 1. The van der Waals surface area contributed by atoms with Crippen LogP contribution in [0, 0.1) is 0 Å². The summed E-state index contributed by atoms with van der Waals surface area (Å²) in [5, 5.41) is 12.6. The molecule has 1 fully saturated rings. The lowest BCUT2D eigenvalue weighted by atomic mass is 9.96. The first-order valence-corrected chi connectivity index (χ1v) is 11.7.